The lowest BCUT2D eigenvalue weighted by molar-refractivity contribution is -0.138. The molecule has 18 heavy (non-hydrogen) atoms. The fraction of sp³-hybridized carbons (Fsp3) is 0.538. The number of rotatable bonds is 5. The van der Waals surface area contributed by atoms with Gasteiger partial charge in [-0.1, -0.05) is 13.0 Å². The second kappa shape index (κ2) is 6.18. The van der Waals surface area contributed by atoms with Crippen LogP contribution in [0.25, 0.3) is 0 Å². The molecule has 0 aromatic heterocycles. The third-order valence-electron chi connectivity index (χ3n) is 2.78. The predicted octanol–water partition coefficient (Wildman–Crippen LogP) is 3.78. The molecule has 0 saturated heterocycles. The highest BCUT2D eigenvalue weighted by atomic mass is 19.4. The van der Waals surface area contributed by atoms with Crippen LogP contribution in [0.3, 0.4) is 0 Å². The van der Waals surface area contributed by atoms with Gasteiger partial charge in [0.25, 0.3) is 0 Å². The third-order valence-corrected chi connectivity index (χ3v) is 2.78. The smallest absolute Gasteiger partial charge is 0.315 e. The van der Waals surface area contributed by atoms with Crippen LogP contribution in [0.5, 0.6) is 0 Å². The lowest BCUT2D eigenvalue weighted by atomic mass is 10.00. The highest BCUT2D eigenvalue weighted by molar-refractivity contribution is 5.30. The molecule has 0 saturated carbocycles. The first-order chi connectivity index (χ1) is 8.34. The van der Waals surface area contributed by atoms with Gasteiger partial charge in [-0.05, 0) is 44.0 Å². The molecule has 1 nitrogen and oxygen atoms in total. The van der Waals surface area contributed by atoms with Crippen molar-refractivity contribution in [3.05, 3.63) is 35.1 Å². The van der Waals surface area contributed by atoms with E-state index in [0.29, 0.717) is 12.5 Å². The first-order valence-corrected chi connectivity index (χ1v) is 5.93. The first kappa shape index (κ1) is 15.0. The van der Waals surface area contributed by atoms with Crippen molar-refractivity contribution >= 4 is 0 Å². The Morgan fingerprint density at radius 2 is 1.94 bits per heavy atom. The Bertz CT molecular complexity index is 387. The molecule has 0 amide bonds. The van der Waals surface area contributed by atoms with Crippen LogP contribution in [0, 0.1) is 5.82 Å². The summed E-state index contributed by atoms with van der Waals surface area (Å²) >= 11 is 0. The van der Waals surface area contributed by atoms with E-state index in [4.69, 9.17) is 0 Å². The minimum atomic E-state index is -4.50. The number of alkyl halides is 3. The van der Waals surface area contributed by atoms with Crippen LogP contribution in [0.1, 0.15) is 31.4 Å². The maximum atomic E-state index is 12.9. The Hall–Kier alpha value is -1.10. The minimum Gasteiger partial charge on any atom is -0.315 e. The van der Waals surface area contributed by atoms with E-state index < -0.39 is 17.6 Å². The number of hydrogen-bond donors (Lipinski definition) is 1. The highest BCUT2D eigenvalue weighted by Gasteiger charge is 2.33. The molecule has 0 spiro atoms. The number of hydrogen-bond acceptors (Lipinski definition) is 1. The standard InChI is InChI=1S/C13H17F4N/c1-3-18-9(2)4-5-10-6-7-11(14)8-12(10)13(15,16)17/h6-9,18H,3-5H2,1-2H3. The van der Waals surface area contributed by atoms with Gasteiger partial charge in [0.2, 0.25) is 0 Å². The maximum Gasteiger partial charge on any atom is 0.416 e. The van der Waals surface area contributed by atoms with Crippen molar-refractivity contribution in [2.45, 2.75) is 38.9 Å². The fourth-order valence-electron chi connectivity index (χ4n) is 1.85. The molecule has 1 unspecified atom stereocenters. The molecule has 1 atom stereocenters. The van der Waals surface area contributed by atoms with Gasteiger partial charge in [-0.15, -0.1) is 0 Å². The molecule has 0 fully saturated rings. The summed E-state index contributed by atoms with van der Waals surface area (Å²) in [6.07, 6.45) is -3.63. The van der Waals surface area contributed by atoms with Gasteiger partial charge in [0.05, 0.1) is 5.56 Å². The van der Waals surface area contributed by atoms with E-state index in [0.717, 1.165) is 12.6 Å². The van der Waals surface area contributed by atoms with E-state index in [1.54, 1.807) is 0 Å². The monoisotopic (exact) mass is 263 g/mol. The zero-order chi connectivity index (χ0) is 13.8. The van der Waals surface area contributed by atoms with E-state index in [1.807, 2.05) is 13.8 Å². The SMILES string of the molecule is CCNC(C)CCc1ccc(F)cc1C(F)(F)F. The topological polar surface area (TPSA) is 12.0 Å². The molecule has 0 heterocycles. The summed E-state index contributed by atoms with van der Waals surface area (Å²) < 4.78 is 51.0. The Kier molecular flexibility index (Phi) is 5.14. The minimum absolute atomic E-state index is 0.140. The van der Waals surface area contributed by atoms with Gasteiger partial charge in [-0.2, -0.15) is 13.2 Å². The van der Waals surface area contributed by atoms with Crippen molar-refractivity contribution in [3.63, 3.8) is 0 Å². The van der Waals surface area contributed by atoms with E-state index in [1.165, 1.54) is 6.07 Å². The average Bonchev–Trinajstić information content (AvgIpc) is 2.26. The van der Waals surface area contributed by atoms with Crippen LogP contribution in [0.15, 0.2) is 18.2 Å². The molecule has 0 radical (unpaired) electrons. The summed E-state index contributed by atoms with van der Waals surface area (Å²) in [6.45, 7) is 4.63. The number of nitrogens with one attached hydrogen (secondary N) is 1. The molecule has 0 bridgehead atoms. The molecule has 1 aromatic rings. The van der Waals surface area contributed by atoms with Gasteiger partial charge in [0, 0.05) is 6.04 Å². The summed E-state index contributed by atoms with van der Waals surface area (Å²) in [5.41, 5.74) is -0.722. The van der Waals surface area contributed by atoms with Gasteiger partial charge in [-0.25, -0.2) is 4.39 Å². The Morgan fingerprint density at radius 1 is 1.28 bits per heavy atom. The lowest BCUT2D eigenvalue weighted by Crippen LogP contribution is -2.26. The van der Waals surface area contributed by atoms with Crippen LogP contribution in [0.4, 0.5) is 17.6 Å². The summed E-state index contributed by atoms with van der Waals surface area (Å²) in [7, 11) is 0. The van der Waals surface area contributed by atoms with Crippen LogP contribution in [0.2, 0.25) is 0 Å². The molecular weight excluding hydrogens is 246 g/mol. The van der Waals surface area contributed by atoms with Gasteiger partial charge >= 0.3 is 6.18 Å². The first-order valence-electron chi connectivity index (χ1n) is 5.93. The average molecular weight is 263 g/mol. The Balaban J connectivity index is 2.82. The zero-order valence-electron chi connectivity index (χ0n) is 10.4. The molecular formula is C13H17F4N. The molecule has 1 aromatic carbocycles. The Labute approximate surface area is 104 Å². The van der Waals surface area contributed by atoms with E-state index >= 15 is 0 Å². The van der Waals surface area contributed by atoms with Crippen molar-refractivity contribution in [2.75, 3.05) is 6.54 Å². The normalized spacial score (nSPS) is 13.7. The van der Waals surface area contributed by atoms with Crippen LogP contribution >= 0.6 is 0 Å². The molecule has 0 aliphatic rings. The van der Waals surface area contributed by atoms with Crippen molar-refractivity contribution in [1.29, 1.82) is 0 Å². The van der Waals surface area contributed by atoms with Crippen LogP contribution < -0.4 is 5.32 Å². The third kappa shape index (κ3) is 4.29. The van der Waals surface area contributed by atoms with E-state index in [-0.39, 0.29) is 18.0 Å². The largest absolute Gasteiger partial charge is 0.416 e. The number of halogens is 4. The van der Waals surface area contributed by atoms with Gasteiger partial charge in [0.1, 0.15) is 5.82 Å². The molecule has 1 N–H and O–H groups in total. The fourth-order valence-corrected chi connectivity index (χ4v) is 1.85. The summed E-state index contributed by atoms with van der Waals surface area (Å²) in [6, 6.07) is 2.99. The quantitative estimate of drug-likeness (QED) is 0.797. The molecule has 0 aliphatic carbocycles. The number of benzene rings is 1. The molecule has 1 rings (SSSR count). The van der Waals surface area contributed by atoms with E-state index in [2.05, 4.69) is 5.32 Å². The maximum absolute atomic E-state index is 12.9. The van der Waals surface area contributed by atoms with Crippen molar-refractivity contribution in [1.82, 2.24) is 5.32 Å². The van der Waals surface area contributed by atoms with Gasteiger partial charge < -0.3 is 5.32 Å². The Morgan fingerprint density at radius 3 is 2.50 bits per heavy atom. The number of aryl methyl sites for hydroxylation is 1. The van der Waals surface area contributed by atoms with Gasteiger partial charge in [0.15, 0.2) is 0 Å². The van der Waals surface area contributed by atoms with Crippen LogP contribution in [-0.4, -0.2) is 12.6 Å². The molecule has 5 heteroatoms. The zero-order valence-corrected chi connectivity index (χ0v) is 10.4. The summed E-state index contributed by atoms with van der Waals surface area (Å²) in [4.78, 5) is 0. The van der Waals surface area contributed by atoms with Crippen molar-refractivity contribution in [3.8, 4) is 0 Å². The van der Waals surface area contributed by atoms with E-state index in [9.17, 15) is 17.6 Å². The molecule has 102 valence electrons. The summed E-state index contributed by atoms with van der Waals surface area (Å²) in [5, 5.41) is 3.13. The van der Waals surface area contributed by atoms with Gasteiger partial charge in [-0.3, -0.25) is 0 Å². The van der Waals surface area contributed by atoms with Crippen molar-refractivity contribution < 1.29 is 17.6 Å². The van der Waals surface area contributed by atoms with Crippen molar-refractivity contribution in [2.24, 2.45) is 0 Å². The molecule has 0 aliphatic heterocycles. The second-order valence-electron chi connectivity index (χ2n) is 4.30. The van der Waals surface area contributed by atoms with Crippen LogP contribution in [-0.2, 0) is 12.6 Å². The predicted molar refractivity (Wildman–Crippen MR) is 62.9 cm³/mol. The second-order valence-corrected chi connectivity index (χ2v) is 4.30. The lowest BCUT2D eigenvalue weighted by Gasteiger charge is -2.16. The highest BCUT2D eigenvalue weighted by Crippen LogP contribution is 2.33. The summed E-state index contributed by atoms with van der Waals surface area (Å²) in [5.74, 6) is -0.856.